The van der Waals surface area contributed by atoms with E-state index in [1.165, 1.54) is 5.56 Å². The van der Waals surface area contributed by atoms with Gasteiger partial charge in [-0.3, -0.25) is 4.79 Å². The topological polar surface area (TPSA) is 67.7 Å². The maximum atomic E-state index is 12.6. The largest absolute Gasteiger partial charge is 0.441 e. The quantitative estimate of drug-likeness (QED) is 0.733. The molecular formula is C23H30N4O3. The Morgan fingerprint density at radius 3 is 2.63 bits per heavy atom. The summed E-state index contributed by atoms with van der Waals surface area (Å²) in [4.78, 5) is 33.1. The van der Waals surface area contributed by atoms with Crippen molar-refractivity contribution in [3.8, 4) is 0 Å². The summed E-state index contributed by atoms with van der Waals surface area (Å²) in [6.07, 6.45) is 5.29. The number of nitrogens with zero attached hydrogens (tertiary/aromatic N) is 4. The smallest absolute Gasteiger partial charge is 0.410 e. The number of rotatable bonds is 6. The van der Waals surface area contributed by atoms with Crippen LogP contribution in [-0.2, 0) is 16.1 Å². The summed E-state index contributed by atoms with van der Waals surface area (Å²) < 4.78 is 7.83. The van der Waals surface area contributed by atoms with Crippen molar-refractivity contribution in [1.29, 1.82) is 0 Å². The van der Waals surface area contributed by atoms with Crippen LogP contribution < -0.4 is 0 Å². The molecule has 1 spiro atoms. The van der Waals surface area contributed by atoms with E-state index >= 15 is 0 Å². The molecule has 2 saturated heterocycles. The van der Waals surface area contributed by atoms with Gasteiger partial charge in [0.2, 0.25) is 5.91 Å². The lowest BCUT2D eigenvalue weighted by atomic mass is 9.90. The lowest BCUT2D eigenvalue weighted by Gasteiger charge is -2.37. The van der Waals surface area contributed by atoms with Crippen molar-refractivity contribution >= 4 is 12.0 Å². The Bertz CT molecular complexity index is 887. The molecule has 2 aliphatic rings. The number of hydrogen-bond donors (Lipinski definition) is 0. The first kappa shape index (κ1) is 20.4. The molecule has 2 amide bonds. The van der Waals surface area contributed by atoms with Crippen LogP contribution in [0.25, 0.3) is 0 Å². The third kappa shape index (κ3) is 4.35. The second kappa shape index (κ2) is 8.50. The van der Waals surface area contributed by atoms with Gasteiger partial charge in [0.25, 0.3) is 0 Å². The molecule has 1 aromatic carbocycles. The number of hydrogen-bond acceptors (Lipinski definition) is 4. The van der Waals surface area contributed by atoms with Crippen LogP contribution in [0.1, 0.15) is 43.5 Å². The molecule has 0 aliphatic carbocycles. The van der Waals surface area contributed by atoms with Crippen LogP contribution in [-0.4, -0.2) is 63.1 Å². The van der Waals surface area contributed by atoms with Gasteiger partial charge in [0.15, 0.2) is 0 Å². The van der Waals surface area contributed by atoms with E-state index in [0.717, 1.165) is 5.82 Å². The summed E-state index contributed by atoms with van der Waals surface area (Å²) >= 11 is 0. The highest BCUT2D eigenvalue weighted by atomic mass is 16.6. The zero-order chi connectivity index (χ0) is 21.1. The van der Waals surface area contributed by atoms with E-state index in [9.17, 15) is 9.59 Å². The minimum Gasteiger partial charge on any atom is -0.441 e. The number of amides is 2. The second-order valence-corrected chi connectivity index (χ2v) is 8.54. The number of carbonyl (C=O) groups is 2. The molecule has 1 atom stereocenters. The van der Waals surface area contributed by atoms with Crippen LogP contribution in [0.5, 0.6) is 0 Å². The van der Waals surface area contributed by atoms with E-state index in [-0.39, 0.29) is 17.9 Å². The predicted octanol–water partition coefficient (Wildman–Crippen LogP) is 3.20. The monoisotopic (exact) mass is 410 g/mol. The number of piperidine rings is 1. The Labute approximate surface area is 177 Å². The Balaban J connectivity index is 1.28. The summed E-state index contributed by atoms with van der Waals surface area (Å²) in [5, 5.41) is 0. The Morgan fingerprint density at radius 2 is 1.97 bits per heavy atom. The molecule has 7 nitrogen and oxygen atoms in total. The summed E-state index contributed by atoms with van der Waals surface area (Å²) in [6, 6.07) is 10.2. The fraction of sp³-hybridized carbons (Fsp3) is 0.522. The van der Waals surface area contributed by atoms with Gasteiger partial charge >= 0.3 is 6.09 Å². The predicted molar refractivity (Wildman–Crippen MR) is 113 cm³/mol. The Morgan fingerprint density at radius 1 is 1.23 bits per heavy atom. The molecule has 0 bridgehead atoms. The van der Waals surface area contributed by atoms with E-state index < -0.39 is 5.60 Å². The van der Waals surface area contributed by atoms with Gasteiger partial charge in [-0.25, -0.2) is 9.78 Å². The number of benzene rings is 1. The zero-order valence-electron chi connectivity index (χ0n) is 17.8. The molecule has 0 saturated carbocycles. The van der Waals surface area contributed by atoms with Crippen LogP contribution >= 0.6 is 0 Å². The molecule has 160 valence electrons. The average molecular weight is 411 g/mol. The standard InChI is InChI=1S/C23H30N4O3/c1-18(20-6-4-3-5-7-20)16-27-17-23(30-22(27)29)9-13-26(14-10-23)21(28)8-12-25-15-11-24-19(25)2/h3-7,11,15,18H,8-10,12-14,16-17H2,1-2H3/t18-/m1/s1. The van der Waals surface area contributed by atoms with E-state index in [4.69, 9.17) is 4.74 Å². The van der Waals surface area contributed by atoms with Crippen LogP contribution in [0.4, 0.5) is 4.79 Å². The molecule has 0 radical (unpaired) electrons. The molecule has 2 aromatic rings. The lowest BCUT2D eigenvalue weighted by molar-refractivity contribution is -0.134. The highest BCUT2D eigenvalue weighted by molar-refractivity contribution is 5.76. The number of carbonyl (C=O) groups excluding carboxylic acids is 2. The van der Waals surface area contributed by atoms with Crippen molar-refractivity contribution in [2.24, 2.45) is 0 Å². The molecule has 2 fully saturated rings. The number of likely N-dealkylation sites (tertiary alicyclic amines) is 1. The molecule has 0 unspecified atom stereocenters. The highest BCUT2D eigenvalue weighted by Crippen LogP contribution is 2.34. The number of ether oxygens (including phenoxy) is 1. The summed E-state index contributed by atoms with van der Waals surface area (Å²) in [7, 11) is 0. The fourth-order valence-corrected chi connectivity index (χ4v) is 4.49. The summed E-state index contributed by atoms with van der Waals surface area (Å²) in [5.74, 6) is 1.32. The zero-order valence-corrected chi connectivity index (χ0v) is 17.8. The molecular weight excluding hydrogens is 380 g/mol. The fourth-order valence-electron chi connectivity index (χ4n) is 4.49. The SMILES string of the molecule is Cc1nccn1CCC(=O)N1CCC2(CC1)CN(C[C@@H](C)c1ccccc1)C(=O)O2. The maximum absolute atomic E-state index is 12.6. The first-order valence-corrected chi connectivity index (χ1v) is 10.7. The average Bonchev–Trinajstić information content (AvgIpc) is 3.29. The van der Waals surface area contributed by atoms with Gasteiger partial charge in [-0.05, 0) is 18.4 Å². The Hall–Kier alpha value is -2.83. The lowest BCUT2D eigenvalue weighted by Crippen LogP contribution is -2.49. The minimum atomic E-state index is -0.453. The maximum Gasteiger partial charge on any atom is 0.410 e. The molecule has 30 heavy (non-hydrogen) atoms. The van der Waals surface area contributed by atoms with Crippen LogP contribution in [0, 0.1) is 6.92 Å². The van der Waals surface area contributed by atoms with Gasteiger partial charge in [0.1, 0.15) is 11.4 Å². The molecule has 1 aromatic heterocycles. The molecule has 4 rings (SSSR count). The van der Waals surface area contributed by atoms with Crippen molar-refractivity contribution in [3.63, 3.8) is 0 Å². The normalized spacial score (nSPS) is 19.2. The first-order chi connectivity index (χ1) is 14.5. The minimum absolute atomic E-state index is 0.150. The van der Waals surface area contributed by atoms with Crippen molar-refractivity contribution in [2.45, 2.75) is 51.2 Å². The molecule has 2 aliphatic heterocycles. The van der Waals surface area contributed by atoms with Gasteiger partial charge < -0.3 is 19.1 Å². The van der Waals surface area contributed by atoms with Gasteiger partial charge in [-0.1, -0.05) is 37.3 Å². The van der Waals surface area contributed by atoms with Crippen LogP contribution in [0.3, 0.4) is 0 Å². The van der Waals surface area contributed by atoms with Gasteiger partial charge in [0, 0.05) is 57.8 Å². The number of aryl methyl sites for hydroxylation is 2. The van der Waals surface area contributed by atoms with Gasteiger partial charge in [-0.2, -0.15) is 0 Å². The van der Waals surface area contributed by atoms with E-state index in [0.29, 0.717) is 52.0 Å². The molecule has 7 heteroatoms. The van der Waals surface area contributed by atoms with Crippen molar-refractivity contribution in [1.82, 2.24) is 19.4 Å². The summed E-state index contributed by atoms with van der Waals surface area (Å²) in [5.41, 5.74) is 0.769. The van der Waals surface area contributed by atoms with E-state index in [1.807, 2.05) is 45.7 Å². The van der Waals surface area contributed by atoms with Crippen LogP contribution in [0.2, 0.25) is 0 Å². The highest BCUT2D eigenvalue weighted by Gasteiger charge is 2.47. The van der Waals surface area contributed by atoms with Crippen molar-refractivity contribution in [3.05, 3.63) is 54.1 Å². The van der Waals surface area contributed by atoms with Crippen molar-refractivity contribution < 1.29 is 14.3 Å². The number of imidazole rings is 1. The van der Waals surface area contributed by atoms with Crippen LogP contribution in [0.15, 0.2) is 42.7 Å². The van der Waals surface area contributed by atoms with E-state index in [1.54, 1.807) is 6.20 Å². The Kier molecular flexibility index (Phi) is 5.79. The van der Waals surface area contributed by atoms with Gasteiger partial charge in [0.05, 0.1) is 6.54 Å². The van der Waals surface area contributed by atoms with Crippen molar-refractivity contribution in [2.75, 3.05) is 26.2 Å². The second-order valence-electron chi connectivity index (χ2n) is 8.54. The third-order valence-corrected chi connectivity index (χ3v) is 6.42. The third-order valence-electron chi connectivity index (χ3n) is 6.42. The summed E-state index contributed by atoms with van der Waals surface area (Å²) in [6.45, 7) is 7.25. The first-order valence-electron chi connectivity index (χ1n) is 10.7. The van der Waals surface area contributed by atoms with Gasteiger partial charge in [-0.15, -0.1) is 0 Å². The molecule has 3 heterocycles. The van der Waals surface area contributed by atoms with E-state index in [2.05, 4.69) is 24.0 Å². The number of aromatic nitrogens is 2. The molecule has 0 N–H and O–H groups in total.